The lowest BCUT2D eigenvalue weighted by Crippen LogP contribution is -2.18. The molecule has 7 heteroatoms. The van der Waals surface area contributed by atoms with Gasteiger partial charge in [0.25, 0.3) is 0 Å². The predicted molar refractivity (Wildman–Crippen MR) is 108 cm³/mol. The van der Waals surface area contributed by atoms with E-state index >= 15 is 0 Å². The van der Waals surface area contributed by atoms with E-state index in [2.05, 4.69) is 15.5 Å². The maximum Gasteiger partial charge on any atom is 0.416 e. The van der Waals surface area contributed by atoms with Crippen LogP contribution in [0.25, 0.3) is 0 Å². The highest BCUT2D eigenvalue weighted by atomic mass is 19.4. The fourth-order valence-electron chi connectivity index (χ4n) is 3.21. The number of nitrogens with one attached hydrogen (secondary N) is 2. The Morgan fingerprint density at radius 1 is 0.867 bits per heavy atom. The lowest BCUT2D eigenvalue weighted by Gasteiger charge is -2.23. The van der Waals surface area contributed by atoms with E-state index in [1.54, 1.807) is 36.5 Å². The number of ether oxygens (including phenoxy) is 1. The molecule has 4 aromatic rings. The number of hydrogen-bond acceptors (Lipinski definition) is 3. The van der Waals surface area contributed by atoms with E-state index in [-0.39, 0.29) is 5.56 Å². The zero-order chi connectivity index (χ0) is 21.0. The van der Waals surface area contributed by atoms with Gasteiger partial charge in [-0.3, -0.25) is 5.10 Å². The van der Waals surface area contributed by atoms with Crippen LogP contribution in [0, 0.1) is 0 Å². The number of rotatable bonds is 6. The minimum Gasteiger partial charge on any atom is -0.457 e. The second-order valence-corrected chi connectivity index (χ2v) is 6.64. The third kappa shape index (κ3) is 4.46. The van der Waals surface area contributed by atoms with Crippen LogP contribution in [0.15, 0.2) is 91.3 Å². The van der Waals surface area contributed by atoms with Crippen molar-refractivity contribution in [2.75, 3.05) is 5.32 Å². The normalized spacial score (nSPS) is 12.4. The molecule has 1 atom stereocenters. The van der Waals surface area contributed by atoms with Gasteiger partial charge in [0.2, 0.25) is 0 Å². The molecular formula is C23H18F3N3O. The van der Waals surface area contributed by atoms with Gasteiger partial charge in [-0.2, -0.15) is 18.3 Å². The second kappa shape index (κ2) is 8.32. The average Bonchev–Trinajstić information content (AvgIpc) is 3.27. The summed E-state index contributed by atoms with van der Waals surface area (Å²) >= 11 is 0. The largest absolute Gasteiger partial charge is 0.457 e. The smallest absolute Gasteiger partial charge is 0.416 e. The third-order valence-electron chi connectivity index (χ3n) is 4.55. The van der Waals surface area contributed by atoms with Crippen molar-refractivity contribution in [3.8, 4) is 11.5 Å². The van der Waals surface area contributed by atoms with Crippen molar-refractivity contribution in [3.63, 3.8) is 0 Å². The first kappa shape index (κ1) is 19.6. The minimum atomic E-state index is -4.47. The first-order valence-corrected chi connectivity index (χ1v) is 9.25. The van der Waals surface area contributed by atoms with Gasteiger partial charge in [0, 0.05) is 23.5 Å². The molecule has 1 unspecified atom stereocenters. The maximum absolute atomic E-state index is 13.6. The number of aromatic nitrogens is 2. The fraction of sp³-hybridized carbons (Fsp3) is 0.0870. The van der Waals surface area contributed by atoms with Crippen LogP contribution in [0.2, 0.25) is 0 Å². The molecule has 4 nitrogen and oxygen atoms in total. The van der Waals surface area contributed by atoms with Crippen LogP contribution in [0.1, 0.15) is 22.7 Å². The standard InChI is InChI=1S/C23H18F3N3O/c24-23(25,26)21-12-5-4-11-20(21)22(16-14-27-28-15-16)29-17-7-6-10-19(13-17)30-18-8-2-1-3-9-18/h1-15,22,29H,(H,27,28). The van der Waals surface area contributed by atoms with E-state index in [1.165, 1.54) is 18.3 Å². The maximum atomic E-state index is 13.6. The van der Waals surface area contributed by atoms with E-state index in [4.69, 9.17) is 4.74 Å². The molecule has 0 aliphatic heterocycles. The van der Waals surface area contributed by atoms with Gasteiger partial charge in [0.15, 0.2) is 0 Å². The molecule has 30 heavy (non-hydrogen) atoms. The lowest BCUT2D eigenvalue weighted by molar-refractivity contribution is -0.138. The summed E-state index contributed by atoms with van der Waals surface area (Å²) in [5.41, 5.74) is 0.619. The SMILES string of the molecule is FC(F)(F)c1ccccc1C(Nc1cccc(Oc2ccccc2)c1)c1cn[nH]c1. The number of benzene rings is 3. The number of nitrogens with zero attached hydrogens (tertiary/aromatic N) is 1. The van der Waals surface area contributed by atoms with Crippen molar-refractivity contribution >= 4 is 5.69 Å². The van der Waals surface area contributed by atoms with Gasteiger partial charge < -0.3 is 10.1 Å². The van der Waals surface area contributed by atoms with Gasteiger partial charge in [0.05, 0.1) is 17.8 Å². The van der Waals surface area contributed by atoms with Gasteiger partial charge in [-0.25, -0.2) is 0 Å². The van der Waals surface area contributed by atoms with Crippen LogP contribution < -0.4 is 10.1 Å². The van der Waals surface area contributed by atoms with E-state index in [9.17, 15) is 13.2 Å². The summed E-state index contributed by atoms with van der Waals surface area (Å²) in [6.07, 6.45) is -1.39. The summed E-state index contributed by atoms with van der Waals surface area (Å²) in [5.74, 6) is 1.24. The quantitative estimate of drug-likeness (QED) is 0.386. The molecule has 1 heterocycles. The van der Waals surface area contributed by atoms with Crippen LogP contribution in [-0.2, 0) is 6.18 Å². The van der Waals surface area contributed by atoms with Crippen LogP contribution in [0.4, 0.5) is 18.9 Å². The Labute approximate surface area is 171 Å². The molecule has 152 valence electrons. The number of aromatic amines is 1. The molecule has 0 saturated heterocycles. The Bertz CT molecular complexity index is 1100. The van der Waals surface area contributed by atoms with E-state index in [0.717, 1.165) is 6.07 Å². The fourth-order valence-corrected chi connectivity index (χ4v) is 3.21. The monoisotopic (exact) mass is 409 g/mol. The molecule has 0 spiro atoms. The van der Waals surface area contributed by atoms with Gasteiger partial charge in [-0.15, -0.1) is 0 Å². The summed E-state index contributed by atoms with van der Waals surface area (Å²) in [5, 5.41) is 9.77. The van der Waals surface area contributed by atoms with Crippen molar-refractivity contribution in [2.24, 2.45) is 0 Å². The summed E-state index contributed by atoms with van der Waals surface area (Å²) in [7, 11) is 0. The number of para-hydroxylation sites is 1. The molecule has 1 aromatic heterocycles. The van der Waals surface area contributed by atoms with Gasteiger partial charge in [-0.05, 0) is 35.9 Å². The van der Waals surface area contributed by atoms with Crippen molar-refractivity contribution in [1.82, 2.24) is 10.2 Å². The highest BCUT2D eigenvalue weighted by molar-refractivity contribution is 5.54. The third-order valence-corrected chi connectivity index (χ3v) is 4.55. The van der Waals surface area contributed by atoms with Crippen molar-refractivity contribution < 1.29 is 17.9 Å². The molecule has 2 N–H and O–H groups in total. The van der Waals surface area contributed by atoms with E-state index in [1.807, 2.05) is 30.3 Å². The average molecular weight is 409 g/mol. The summed E-state index contributed by atoms with van der Waals surface area (Å²) in [6.45, 7) is 0. The Hall–Kier alpha value is -3.74. The number of H-pyrrole nitrogens is 1. The topological polar surface area (TPSA) is 49.9 Å². The van der Waals surface area contributed by atoms with Crippen molar-refractivity contribution in [2.45, 2.75) is 12.2 Å². The summed E-state index contributed by atoms with van der Waals surface area (Å²) in [4.78, 5) is 0. The zero-order valence-electron chi connectivity index (χ0n) is 15.7. The predicted octanol–water partition coefficient (Wildman–Crippen LogP) is 6.42. The molecule has 3 aromatic carbocycles. The molecule has 4 rings (SSSR count). The lowest BCUT2D eigenvalue weighted by atomic mass is 9.95. The first-order valence-electron chi connectivity index (χ1n) is 9.25. The molecule has 0 radical (unpaired) electrons. The molecule has 0 saturated carbocycles. The Kier molecular flexibility index (Phi) is 5.43. The molecule has 0 fully saturated rings. The highest BCUT2D eigenvalue weighted by Crippen LogP contribution is 2.38. The van der Waals surface area contributed by atoms with Gasteiger partial charge >= 0.3 is 6.18 Å². The molecule has 0 aliphatic rings. The van der Waals surface area contributed by atoms with E-state index < -0.39 is 17.8 Å². The molecular weight excluding hydrogens is 391 g/mol. The summed E-state index contributed by atoms with van der Waals surface area (Å²) < 4.78 is 46.7. The Morgan fingerprint density at radius 2 is 1.60 bits per heavy atom. The number of alkyl halides is 3. The second-order valence-electron chi connectivity index (χ2n) is 6.64. The zero-order valence-corrected chi connectivity index (χ0v) is 15.7. The van der Waals surface area contributed by atoms with Crippen LogP contribution in [-0.4, -0.2) is 10.2 Å². The van der Waals surface area contributed by atoms with Crippen molar-refractivity contribution in [3.05, 3.63) is 108 Å². The number of halogens is 3. The molecule has 0 bridgehead atoms. The summed E-state index contributed by atoms with van der Waals surface area (Å²) in [6, 6.07) is 21.1. The van der Waals surface area contributed by atoms with Crippen LogP contribution >= 0.6 is 0 Å². The van der Waals surface area contributed by atoms with Crippen LogP contribution in [0.3, 0.4) is 0 Å². The van der Waals surface area contributed by atoms with Gasteiger partial charge in [-0.1, -0.05) is 42.5 Å². The van der Waals surface area contributed by atoms with Crippen molar-refractivity contribution in [1.29, 1.82) is 0 Å². The molecule has 0 amide bonds. The first-order chi connectivity index (χ1) is 14.5. The highest BCUT2D eigenvalue weighted by Gasteiger charge is 2.35. The Morgan fingerprint density at radius 3 is 2.33 bits per heavy atom. The Balaban J connectivity index is 1.68. The van der Waals surface area contributed by atoms with Crippen LogP contribution in [0.5, 0.6) is 11.5 Å². The minimum absolute atomic E-state index is 0.112. The number of anilines is 1. The number of hydrogen-bond donors (Lipinski definition) is 2. The van der Waals surface area contributed by atoms with Gasteiger partial charge in [0.1, 0.15) is 11.5 Å². The molecule has 0 aliphatic carbocycles. The van der Waals surface area contributed by atoms with E-state index in [0.29, 0.717) is 22.7 Å².